The van der Waals surface area contributed by atoms with Crippen LogP contribution in [0.15, 0.2) is 47.6 Å². The zero-order chi connectivity index (χ0) is 20.0. The van der Waals surface area contributed by atoms with Gasteiger partial charge >= 0.3 is 0 Å². The molecular formula is C22H28N2O3. The van der Waals surface area contributed by atoms with Crippen LogP contribution < -0.4 is 14.9 Å². The number of nitrogens with one attached hydrogen (secondary N) is 1. The first kappa shape index (κ1) is 20.5. The van der Waals surface area contributed by atoms with Gasteiger partial charge in [-0.3, -0.25) is 4.79 Å². The summed E-state index contributed by atoms with van der Waals surface area (Å²) in [5.74, 6) is 1.04. The van der Waals surface area contributed by atoms with Crippen LogP contribution in [-0.2, 0) is 5.41 Å². The van der Waals surface area contributed by atoms with Crippen molar-refractivity contribution < 1.29 is 14.3 Å². The Kier molecular flexibility index (Phi) is 6.61. The summed E-state index contributed by atoms with van der Waals surface area (Å²) < 4.78 is 11.0. The molecule has 0 aliphatic heterocycles. The molecule has 0 atom stereocenters. The Labute approximate surface area is 161 Å². The van der Waals surface area contributed by atoms with Crippen LogP contribution in [-0.4, -0.2) is 25.3 Å². The lowest BCUT2D eigenvalue weighted by atomic mass is 9.87. The van der Waals surface area contributed by atoms with Crippen molar-refractivity contribution in [3.8, 4) is 11.5 Å². The van der Waals surface area contributed by atoms with E-state index in [4.69, 9.17) is 9.47 Å². The van der Waals surface area contributed by atoms with Gasteiger partial charge in [-0.15, -0.1) is 0 Å². The van der Waals surface area contributed by atoms with Crippen LogP contribution in [0.25, 0.3) is 0 Å². The predicted octanol–water partition coefficient (Wildman–Crippen LogP) is 4.54. The summed E-state index contributed by atoms with van der Waals surface area (Å²) in [5.41, 5.74) is 5.15. The first-order chi connectivity index (χ1) is 12.7. The number of nitrogens with zero attached hydrogens (tertiary/aromatic N) is 1. The zero-order valence-corrected chi connectivity index (χ0v) is 16.9. The lowest BCUT2D eigenvalue weighted by Gasteiger charge is -2.18. The maximum absolute atomic E-state index is 12.2. The number of hydrogen-bond acceptors (Lipinski definition) is 4. The Bertz CT molecular complexity index is 803. The van der Waals surface area contributed by atoms with E-state index < -0.39 is 0 Å². The van der Waals surface area contributed by atoms with Crippen molar-refractivity contribution in [2.75, 3.05) is 7.11 Å². The second-order valence-corrected chi connectivity index (χ2v) is 7.60. The van der Waals surface area contributed by atoms with E-state index in [1.165, 1.54) is 5.56 Å². The summed E-state index contributed by atoms with van der Waals surface area (Å²) in [6.45, 7) is 10.3. The number of methoxy groups -OCH3 is 1. The van der Waals surface area contributed by atoms with Gasteiger partial charge in [0.1, 0.15) is 0 Å². The number of benzene rings is 2. The molecule has 144 valence electrons. The van der Waals surface area contributed by atoms with Crippen LogP contribution in [0, 0.1) is 0 Å². The van der Waals surface area contributed by atoms with Crippen molar-refractivity contribution in [3.05, 3.63) is 59.2 Å². The molecule has 27 heavy (non-hydrogen) atoms. The molecule has 2 aromatic carbocycles. The molecule has 0 saturated heterocycles. The van der Waals surface area contributed by atoms with Crippen molar-refractivity contribution in [3.63, 3.8) is 0 Å². The van der Waals surface area contributed by atoms with Gasteiger partial charge in [-0.1, -0.05) is 32.9 Å². The largest absolute Gasteiger partial charge is 0.493 e. The van der Waals surface area contributed by atoms with Gasteiger partial charge in [-0.25, -0.2) is 5.43 Å². The van der Waals surface area contributed by atoms with Crippen molar-refractivity contribution in [2.24, 2.45) is 5.10 Å². The summed E-state index contributed by atoms with van der Waals surface area (Å²) in [7, 11) is 1.59. The molecule has 0 unspecified atom stereocenters. The molecule has 0 spiro atoms. The van der Waals surface area contributed by atoms with Crippen LogP contribution in [0.2, 0.25) is 0 Å². The molecule has 0 aliphatic carbocycles. The number of rotatable bonds is 6. The smallest absolute Gasteiger partial charge is 0.271 e. The molecule has 1 amide bonds. The van der Waals surface area contributed by atoms with Gasteiger partial charge in [0.05, 0.1) is 19.4 Å². The molecule has 5 heteroatoms. The van der Waals surface area contributed by atoms with Crippen LogP contribution in [0.5, 0.6) is 11.5 Å². The molecule has 0 radical (unpaired) electrons. The zero-order valence-electron chi connectivity index (χ0n) is 16.9. The van der Waals surface area contributed by atoms with Crippen LogP contribution in [0.1, 0.15) is 56.1 Å². The van der Waals surface area contributed by atoms with Crippen molar-refractivity contribution in [2.45, 2.75) is 46.1 Å². The van der Waals surface area contributed by atoms with Gasteiger partial charge in [-0.2, -0.15) is 5.10 Å². The normalized spacial score (nSPS) is 11.7. The molecule has 1 N–H and O–H groups in total. The van der Waals surface area contributed by atoms with Gasteiger partial charge in [-0.05, 0) is 60.7 Å². The van der Waals surface area contributed by atoms with E-state index in [0.29, 0.717) is 17.1 Å². The Morgan fingerprint density at radius 1 is 1.07 bits per heavy atom. The monoisotopic (exact) mass is 368 g/mol. The van der Waals surface area contributed by atoms with Crippen molar-refractivity contribution in [1.82, 2.24) is 5.43 Å². The number of hydrogen-bond donors (Lipinski definition) is 1. The molecule has 2 rings (SSSR count). The molecule has 0 aliphatic rings. The van der Waals surface area contributed by atoms with E-state index in [0.717, 1.165) is 5.56 Å². The maximum Gasteiger partial charge on any atom is 0.271 e. The van der Waals surface area contributed by atoms with Gasteiger partial charge in [0, 0.05) is 5.56 Å². The van der Waals surface area contributed by atoms with Crippen molar-refractivity contribution in [1.29, 1.82) is 0 Å². The molecule has 0 fully saturated rings. The second kappa shape index (κ2) is 8.71. The summed E-state index contributed by atoms with van der Waals surface area (Å²) in [6.07, 6.45) is 1.63. The predicted molar refractivity (Wildman–Crippen MR) is 109 cm³/mol. The minimum absolute atomic E-state index is 0.0532. The van der Waals surface area contributed by atoms with Gasteiger partial charge in [0.15, 0.2) is 11.5 Å². The first-order valence-electron chi connectivity index (χ1n) is 8.99. The number of carbonyl (C=O) groups is 1. The minimum Gasteiger partial charge on any atom is -0.493 e. The third-order valence-corrected chi connectivity index (χ3v) is 3.94. The van der Waals surface area contributed by atoms with E-state index in [2.05, 4.69) is 31.3 Å². The highest BCUT2D eigenvalue weighted by Crippen LogP contribution is 2.28. The minimum atomic E-state index is -0.251. The van der Waals surface area contributed by atoms with Crippen LogP contribution in [0.4, 0.5) is 0 Å². The van der Waals surface area contributed by atoms with Crippen LogP contribution >= 0.6 is 0 Å². The van der Waals surface area contributed by atoms with Gasteiger partial charge < -0.3 is 9.47 Å². The molecule has 0 saturated carbocycles. The lowest BCUT2D eigenvalue weighted by molar-refractivity contribution is 0.0955. The molecular weight excluding hydrogens is 340 g/mol. The maximum atomic E-state index is 12.2. The molecule has 2 aromatic rings. The van der Waals surface area contributed by atoms with Crippen molar-refractivity contribution >= 4 is 12.1 Å². The summed E-state index contributed by atoms with van der Waals surface area (Å²) in [5, 5.41) is 4.03. The third-order valence-electron chi connectivity index (χ3n) is 3.94. The average molecular weight is 368 g/mol. The third kappa shape index (κ3) is 5.84. The topological polar surface area (TPSA) is 59.9 Å². The Hall–Kier alpha value is -2.82. The fraction of sp³-hybridized carbons (Fsp3) is 0.364. The fourth-order valence-electron chi connectivity index (χ4n) is 2.47. The second-order valence-electron chi connectivity index (χ2n) is 7.60. The van der Waals surface area contributed by atoms with Crippen LogP contribution in [0.3, 0.4) is 0 Å². The summed E-state index contributed by atoms with van der Waals surface area (Å²) in [4.78, 5) is 12.2. The molecule has 0 heterocycles. The quantitative estimate of drug-likeness (QED) is 0.601. The SMILES string of the molecule is COc1cc(/C=N/NC(=O)c2ccc(C(C)(C)C)cc2)ccc1OC(C)C. The molecule has 0 bridgehead atoms. The van der Waals surface area contributed by atoms with E-state index in [-0.39, 0.29) is 17.4 Å². The Morgan fingerprint density at radius 2 is 1.74 bits per heavy atom. The highest BCUT2D eigenvalue weighted by molar-refractivity contribution is 5.95. The highest BCUT2D eigenvalue weighted by atomic mass is 16.5. The average Bonchev–Trinajstić information content (AvgIpc) is 2.61. The van der Waals surface area contributed by atoms with E-state index >= 15 is 0 Å². The van der Waals surface area contributed by atoms with Gasteiger partial charge in [0.2, 0.25) is 0 Å². The molecule has 5 nitrogen and oxygen atoms in total. The number of hydrazone groups is 1. The summed E-state index contributed by atoms with van der Waals surface area (Å²) >= 11 is 0. The number of ether oxygens (including phenoxy) is 2. The standard InChI is InChI=1S/C22H28N2O3/c1-15(2)27-19-12-7-16(13-20(19)26-6)14-23-24-21(25)17-8-10-18(11-9-17)22(3,4)5/h7-15H,1-6H3,(H,24,25)/b23-14+. The van der Waals surface area contributed by atoms with E-state index in [9.17, 15) is 4.79 Å². The first-order valence-corrected chi connectivity index (χ1v) is 8.99. The number of amides is 1. The Morgan fingerprint density at radius 3 is 2.30 bits per heavy atom. The lowest BCUT2D eigenvalue weighted by Crippen LogP contribution is -2.18. The fourth-order valence-corrected chi connectivity index (χ4v) is 2.47. The highest BCUT2D eigenvalue weighted by Gasteiger charge is 2.14. The van der Waals surface area contributed by atoms with Gasteiger partial charge in [0.25, 0.3) is 5.91 Å². The van der Waals surface area contributed by atoms with E-state index in [1.807, 2.05) is 56.3 Å². The Balaban J connectivity index is 2.03. The summed E-state index contributed by atoms with van der Waals surface area (Å²) in [6, 6.07) is 13.1. The molecule has 0 aromatic heterocycles. The number of carbonyl (C=O) groups excluding carboxylic acids is 1. The van der Waals surface area contributed by atoms with E-state index in [1.54, 1.807) is 13.3 Å².